The molecule has 0 radical (unpaired) electrons. The van der Waals surface area contributed by atoms with E-state index in [-0.39, 0.29) is 5.56 Å². The van der Waals surface area contributed by atoms with Crippen molar-refractivity contribution in [3.63, 3.8) is 0 Å². The Morgan fingerprint density at radius 3 is 2.61 bits per heavy atom. The lowest BCUT2D eigenvalue weighted by Crippen LogP contribution is -2.07. The van der Waals surface area contributed by atoms with Gasteiger partial charge in [-0.2, -0.15) is 5.10 Å². The summed E-state index contributed by atoms with van der Waals surface area (Å²) in [7, 11) is 0. The van der Waals surface area contributed by atoms with Crippen molar-refractivity contribution in [2.24, 2.45) is 0 Å². The first-order valence-electron chi connectivity index (χ1n) is 9.82. The van der Waals surface area contributed by atoms with Crippen LogP contribution in [0.15, 0.2) is 42.6 Å². The highest BCUT2D eigenvalue weighted by atomic mass is 16.4. The van der Waals surface area contributed by atoms with Gasteiger partial charge in [0.25, 0.3) is 0 Å². The third-order valence-electron chi connectivity index (χ3n) is 4.71. The zero-order chi connectivity index (χ0) is 19.9. The minimum atomic E-state index is -0.938. The molecule has 0 spiro atoms. The molecule has 0 unspecified atom stereocenters. The third kappa shape index (κ3) is 4.63. The fourth-order valence-electron chi connectivity index (χ4n) is 3.17. The first-order valence-corrected chi connectivity index (χ1v) is 9.82. The van der Waals surface area contributed by atoms with Gasteiger partial charge < -0.3 is 5.11 Å². The number of carboxylic acids is 1. The Labute approximate surface area is 165 Å². The lowest BCUT2D eigenvalue weighted by atomic mass is 10.0. The van der Waals surface area contributed by atoms with Crippen LogP contribution in [0.3, 0.4) is 0 Å². The predicted molar refractivity (Wildman–Crippen MR) is 108 cm³/mol. The predicted octanol–water partition coefficient (Wildman–Crippen LogP) is 4.38. The van der Waals surface area contributed by atoms with Crippen LogP contribution in [-0.4, -0.2) is 30.8 Å². The second-order valence-electron chi connectivity index (χ2n) is 6.79. The van der Waals surface area contributed by atoms with E-state index < -0.39 is 5.97 Å². The van der Waals surface area contributed by atoms with Crippen LogP contribution in [0, 0.1) is 0 Å². The molecular formula is C22H26N4O2. The fourth-order valence-corrected chi connectivity index (χ4v) is 3.17. The van der Waals surface area contributed by atoms with Crippen LogP contribution in [0.1, 0.15) is 60.8 Å². The summed E-state index contributed by atoms with van der Waals surface area (Å²) < 4.78 is 2.00. The third-order valence-corrected chi connectivity index (χ3v) is 4.71. The van der Waals surface area contributed by atoms with Gasteiger partial charge in [-0.05, 0) is 24.1 Å². The summed E-state index contributed by atoms with van der Waals surface area (Å²) in [5.74, 6) is 0.851. The maximum atomic E-state index is 11.4. The lowest BCUT2D eigenvalue weighted by Gasteiger charge is -2.08. The number of hydrogen-bond donors (Lipinski definition) is 1. The number of unbranched alkanes of at least 4 members (excludes halogenated alkanes) is 2. The van der Waals surface area contributed by atoms with Crippen LogP contribution >= 0.6 is 0 Å². The van der Waals surface area contributed by atoms with E-state index >= 15 is 0 Å². The van der Waals surface area contributed by atoms with Crippen LogP contribution in [0.4, 0.5) is 0 Å². The Balaban J connectivity index is 1.80. The quantitative estimate of drug-likeness (QED) is 0.559. The molecule has 146 valence electrons. The molecule has 0 saturated carbocycles. The van der Waals surface area contributed by atoms with Gasteiger partial charge in [-0.15, -0.1) is 0 Å². The zero-order valence-corrected chi connectivity index (χ0v) is 16.4. The molecule has 0 amide bonds. The molecule has 0 atom stereocenters. The van der Waals surface area contributed by atoms with Crippen molar-refractivity contribution in [1.29, 1.82) is 0 Å². The van der Waals surface area contributed by atoms with E-state index in [1.165, 1.54) is 12.8 Å². The lowest BCUT2D eigenvalue weighted by molar-refractivity contribution is 0.0697. The number of benzene rings is 1. The fraction of sp³-hybridized carbons (Fsp3) is 0.364. The van der Waals surface area contributed by atoms with E-state index in [1.54, 1.807) is 24.4 Å². The number of aryl methyl sites for hydroxylation is 2. The highest BCUT2D eigenvalue weighted by Crippen LogP contribution is 2.23. The van der Waals surface area contributed by atoms with Gasteiger partial charge in [0.05, 0.1) is 5.56 Å². The van der Waals surface area contributed by atoms with Crippen molar-refractivity contribution in [3.05, 3.63) is 65.5 Å². The minimum absolute atomic E-state index is 0.278. The molecule has 1 aromatic carbocycles. The number of rotatable bonds is 9. The number of pyridine rings is 1. The number of carboxylic acid groups (broad SMARTS) is 1. The minimum Gasteiger partial charge on any atom is -0.478 e. The summed E-state index contributed by atoms with van der Waals surface area (Å²) in [6.07, 6.45) is 6.60. The number of hydrogen-bond acceptors (Lipinski definition) is 4. The van der Waals surface area contributed by atoms with Crippen LogP contribution in [0.5, 0.6) is 0 Å². The van der Waals surface area contributed by atoms with Crippen LogP contribution in [0.25, 0.3) is 11.1 Å². The number of aromatic nitrogens is 4. The normalized spacial score (nSPS) is 10.9. The van der Waals surface area contributed by atoms with Crippen molar-refractivity contribution in [3.8, 4) is 11.1 Å². The molecule has 0 fully saturated rings. The van der Waals surface area contributed by atoms with E-state index in [1.807, 2.05) is 22.9 Å². The second kappa shape index (κ2) is 9.26. The molecule has 2 heterocycles. The number of nitrogens with zero attached hydrogens (tertiary/aromatic N) is 4. The SMILES string of the molecule is CCCCCn1nc(CC)nc1Cc1ccc(-c2ccccc2C(=O)O)cn1. The zero-order valence-electron chi connectivity index (χ0n) is 16.4. The summed E-state index contributed by atoms with van der Waals surface area (Å²) in [5, 5.41) is 14.0. The van der Waals surface area contributed by atoms with Crippen LogP contribution < -0.4 is 0 Å². The van der Waals surface area contributed by atoms with Gasteiger partial charge in [0.1, 0.15) is 5.82 Å². The molecule has 3 aromatic rings. The molecule has 0 bridgehead atoms. The van der Waals surface area contributed by atoms with Crippen LogP contribution in [-0.2, 0) is 19.4 Å². The van der Waals surface area contributed by atoms with Crippen molar-refractivity contribution < 1.29 is 9.90 Å². The average molecular weight is 378 g/mol. The van der Waals surface area contributed by atoms with E-state index in [0.717, 1.165) is 42.3 Å². The summed E-state index contributed by atoms with van der Waals surface area (Å²) in [6, 6.07) is 10.8. The Kier molecular flexibility index (Phi) is 6.53. The molecule has 6 heteroatoms. The molecular weight excluding hydrogens is 352 g/mol. The first kappa shape index (κ1) is 19.7. The highest BCUT2D eigenvalue weighted by molar-refractivity contribution is 5.95. The molecule has 6 nitrogen and oxygen atoms in total. The van der Waals surface area contributed by atoms with Crippen molar-refractivity contribution in [2.45, 2.75) is 52.5 Å². The molecule has 0 aliphatic rings. The summed E-state index contributed by atoms with van der Waals surface area (Å²) in [4.78, 5) is 20.6. The Hall–Kier alpha value is -3.02. The molecule has 1 N–H and O–H groups in total. The highest BCUT2D eigenvalue weighted by Gasteiger charge is 2.13. The van der Waals surface area contributed by atoms with Crippen molar-refractivity contribution in [2.75, 3.05) is 0 Å². The van der Waals surface area contributed by atoms with Gasteiger partial charge >= 0.3 is 5.97 Å². The van der Waals surface area contributed by atoms with Gasteiger partial charge in [-0.3, -0.25) is 4.98 Å². The number of carbonyl (C=O) groups is 1. The summed E-state index contributed by atoms with van der Waals surface area (Å²) >= 11 is 0. The standard InChI is InChI=1S/C22H26N4O2/c1-3-5-8-13-26-21(24-20(4-2)25-26)14-17-12-11-16(15-23-17)18-9-6-7-10-19(18)22(27)28/h6-7,9-12,15H,3-5,8,13-14H2,1-2H3,(H,27,28). The maximum Gasteiger partial charge on any atom is 0.336 e. The summed E-state index contributed by atoms with van der Waals surface area (Å²) in [5.41, 5.74) is 2.63. The number of aromatic carboxylic acids is 1. The van der Waals surface area contributed by atoms with E-state index in [4.69, 9.17) is 0 Å². The first-order chi connectivity index (χ1) is 13.6. The molecule has 28 heavy (non-hydrogen) atoms. The van der Waals surface area contributed by atoms with E-state index in [2.05, 4.69) is 28.9 Å². The Bertz CT molecular complexity index is 932. The van der Waals surface area contributed by atoms with Gasteiger partial charge in [0, 0.05) is 36.8 Å². The molecule has 2 aromatic heterocycles. The van der Waals surface area contributed by atoms with Gasteiger partial charge in [0.2, 0.25) is 0 Å². The van der Waals surface area contributed by atoms with Gasteiger partial charge in [-0.25, -0.2) is 14.5 Å². The smallest absolute Gasteiger partial charge is 0.336 e. The largest absolute Gasteiger partial charge is 0.478 e. The molecule has 0 aliphatic heterocycles. The van der Waals surface area contributed by atoms with E-state index in [9.17, 15) is 9.90 Å². The monoisotopic (exact) mass is 378 g/mol. The molecule has 0 aliphatic carbocycles. The average Bonchev–Trinajstić information content (AvgIpc) is 3.10. The van der Waals surface area contributed by atoms with Crippen molar-refractivity contribution in [1.82, 2.24) is 19.7 Å². The Morgan fingerprint density at radius 2 is 1.93 bits per heavy atom. The maximum absolute atomic E-state index is 11.4. The molecule has 0 saturated heterocycles. The molecule has 3 rings (SSSR count). The van der Waals surface area contributed by atoms with Crippen LogP contribution in [0.2, 0.25) is 0 Å². The van der Waals surface area contributed by atoms with Gasteiger partial charge in [-0.1, -0.05) is 51.0 Å². The van der Waals surface area contributed by atoms with E-state index in [0.29, 0.717) is 12.0 Å². The Morgan fingerprint density at radius 1 is 1.11 bits per heavy atom. The second-order valence-corrected chi connectivity index (χ2v) is 6.79. The summed E-state index contributed by atoms with van der Waals surface area (Å²) in [6.45, 7) is 5.12. The van der Waals surface area contributed by atoms with Crippen molar-refractivity contribution >= 4 is 5.97 Å². The topological polar surface area (TPSA) is 80.9 Å². The van der Waals surface area contributed by atoms with Gasteiger partial charge in [0.15, 0.2) is 5.82 Å².